The third-order valence-electron chi connectivity index (χ3n) is 6.57. The van der Waals surface area contributed by atoms with Gasteiger partial charge in [-0.05, 0) is 53.8 Å². The number of aliphatic hydroxyl groups is 1. The molecule has 0 bridgehead atoms. The second-order valence-corrected chi connectivity index (χ2v) is 20.3. The van der Waals surface area contributed by atoms with Crippen LogP contribution in [0.5, 0.6) is 0 Å². The highest BCUT2D eigenvalue weighted by Gasteiger charge is 2.44. The molecule has 26 heavy (non-hydrogen) atoms. The number of hydrogen-bond donors (Lipinski definition) is 1. The van der Waals surface area contributed by atoms with Crippen LogP contribution in [0.25, 0.3) is 0 Å². The summed E-state index contributed by atoms with van der Waals surface area (Å²) in [5.74, 6) is 0. The summed E-state index contributed by atoms with van der Waals surface area (Å²) in [6.45, 7) is 27.1. The summed E-state index contributed by atoms with van der Waals surface area (Å²) in [5.41, 5.74) is 2.13. The summed E-state index contributed by atoms with van der Waals surface area (Å²) in [4.78, 5) is 0. The normalized spacial score (nSPS) is 25.0. The van der Waals surface area contributed by atoms with Crippen molar-refractivity contribution in [3.63, 3.8) is 0 Å². The van der Waals surface area contributed by atoms with Crippen LogP contribution in [-0.4, -0.2) is 40.6 Å². The summed E-state index contributed by atoms with van der Waals surface area (Å²) in [6.07, 6.45) is 3.68. The van der Waals surface area contributed by atoms with Crippen molar-refractivity contribution in [2.75, 3.05) is 6.61 Å². The largest absolute Gasteiger partial charge is 0.413 e. The average Bonchev–Trinajstić information content (AvgIpc) is 2.40. The molecular weight excluding hydrogens is 356 g/mol. The first-order valence-electron chi connectivity index (χ1n) is 9.86. The molecule has 1 saturated carbocycles. The first-order chi connectivity index (χ1) is 11.5. The van der Waals surface area contributed by atoms with Crippen molar-refractivity contribution in [1.29, 1.82) is 0 Å². The second-order valence-electron chi connectivity index (χ2n) is 10.7. The number of rotatable bonds is 5. The quantitative estimate of drug-likeness (QED) is 0.574. The van der Waals surface area contributed by atoms with Crippen molar-refractivity contribution >= 4 is 16.6 Å². The first kappa shape index (κ1) is 23.8. The van der Waals surface area contributed by atoms with Gasteiger partial charge in [-0.15, -0.1) is 0 Å². The van der Waals surface area contributed by atoms with Crippen LogP contribution in [0.1, 0.15) is 54.4 Å². The predicted octanol–water partition coefficient (Wildman–Crippen LogP) is 6.04. The van der Waals surface area contributed by atoms with Crippen LogP contribution in [0.4, 0.5) is 0 Å². The molecule has 0 aromatic heterocycles. The first-order valence-corrected chi connectivity index (χ1v) is 15.7. The lowest BCUT2D eigenvalue weighted by molar-refractivity contribution is 0.0967. The fourth-order valence-electron chi connectivity index (χ4n) is 2.71. The highest BCUT2D eigenvalue weighted by Crippen LogP contribution is 2.43. The van der Waals surface area contributed by atoms with E-state index in [0.717, 1.165) is 24.0 Å². The van der Waals surface area contributed by atoms with Crippen molar-refractivity contribution in [2.45, 2.75) is 103 Å². The van der Waals surface area contributed by atoms with Crippen LogP contribution in [0, 0.1) is 0 Å². The van der Waals surface area contributed by atoms with E-state index < -0.39 is 16.6 Å². The van der Waals surface area contributed by atoms with Crippen LogP contribution < -0.4 is 0 Å². The molecule has 0 spiro atoms. The molecule has 0 aliphatic heterocycles. The highest BCUT2D eigenvalue weighted by molar-refractivity contribution is 6.74. The van der Waals surface area contributed by atoms with E-state index in [1.165, 1.54) is 0 Å². The van der Waals surface area contributed by atoms with Gasteiger partial charge in [0.1, 0.15) is 0 Å². The summed E-state index contributed by atoms with van der Waals surface area (Å²) < 4.78 is 13.4. The molecule has 0 aromatic rings. The van der Waals surface area contributed by atoms with Gasteiger partial charge in [-0.1, -0.05) is 54.2 Å². The SMILES string of the molecule is C=C1C(=CCO)C[C@@H](O[Si](C)(C)C(C)(C)C)C[C@H]1O[Si](C)(C)C(C)(C)C. The Hall–Kier alpha value is -0.206. The third-order valence-corrected chi connectivity index (χ3v) is 15.6. The molecular formula is C21H42O3Si2. The Morgan fingerprint density at radius 1 is 1.00 bits per heavy atom. The lowest BCUT2D eigenvalue weighted by Gasteiger charge is -2.45. The van der Waals surface area contributed by atoms with Crippen molar-refractivity contribution in [2.24, 2.45) is 0 Å². The number of hydrogen-bond acceptors (Lipinski definition) is 3. The molecule has 0 heterocycles. The van der Waals surface area contributed by atoms with Crippen LogP contribution in [0.2, 0.25) is 36.3 Å². The predicted molar refractivity (Wildman–Crippen MR) is 118 cm³/mol. The van der Waals surface area contributed by atoms with Gasteiger partial charge in [0.25, 0.3) is 0 Å². The smallest absolute Gasteiger partial charge is 0.192 e. The molecule has 0 aromatic carbocycles. The zero-order valence-electron chi connectivity index (χ0n) is 18.8. The van der Waals surface area contributed by atoms with Crippen molar-refractivity contribution in [3.05, 3.63) is 23.8 Å². The molecule has 5 heteroatoms. The van der Waals surface area contributed by atoms with E-state index in [0.29, 0.717) is 0 Å². The Labute approximate surface area is 164 Å². The molecule has 1 N–H and O–H groups in total. The van der Waals surface area contributed by atoms with Gasteiger partial charge >= 0.3 is 0 Å². The van der Waals surface area contributed by atoms with E-state index in [9.17, 15) is 5.11 Å². The lowest BCUT2D eigenvalue weighted by atomic mass is 9.86. The van der Waals surface area contributed by atoms with E-state index in [1.54, 1.807) is 0 Å². The molecule has 1 aliphatic carbocycles. The second kappa shape index (κ2) is 8.04. The van der Waals surface area contributed by atoms with Gasteiger partial charge in [-0.3, -0.25) is 0 Å². The molecule has 0 radical (unpaired) electrons. The standard InChI is InChI=1S/C21H42O3Si2/c1-16-17(12-13-22)14-18(23-25(8,9)20(2,3)4)15-19(16)24-26(10,11)21(5,6)7/h12,18-19,22H,1,13-15H2,2-11H3/t18-,19-/m1/s1. The van der Waals surface area contributed by atoms with Crippen molar-refractivity contribution in [3.8, 4) is 0 Å². The Balaban J connectivity index is 3.08. The van der Waals surface area contributed by atoms with E-state index in [4.69, 9.17) is 8.85 Å². The number of aliphatic hydroxyl groups excluding tert-OH is 1. The Morgan fingerprint density at radius 3 is 1.88 bits per heavy atom. The van der Waals surface area contributed by atoms with Gasteiger partial charge in [0, 0.05) is 6.42 Å². The van der Waals surface area contributed by atoms with Gasteiger partial charge in [0.15, 0.2) is 16.6 Å². The zero-order chi connectivity index (χ0) is 20.6. The molecule has 2 atom stereocenters. The maximum absolute atomic E-state index is 9.45. The lowest BCUT2D eigenvalue weighted by Crippen LogP contribution is -2.49. The fraction of sp³-hybridized carbons (Fsp3) is 0.810. The van der Waals surface area contributed by atoms with Crippen LogP contribution in [0.15, 0.2) is 23.8 Å². The Morgan fingerprint density at radius 2 is 1.46 bits per heavy atom. The molecule has 152 valence electrons. The third kappa shape index (κ3) is 5.65. The van der Waals surface area contributed by atoms with E-state index in [1.807, 2.05) is 6.08 Å². The molecule has 1 aliphatic rings. The maximum Gasteiger partial charge on any atom is 0.192 e. The van der Waals surface area contributed by atoms with Crippen LogP contribution in [-0.2, 0) is 8.85 Å². The van der Waals surface area contributed by atoms with Crippen LogP contribution >= 0.6 is 0 Å². The topological polar surface area (TPSA) is 38.7 Å². The summed E-state index contributed by atoms with van der Waals surface area (Å²) in [7, 11) is -3.76. The monoisotopic (exact) mass is 398 g/mol. The van der Waals surface area contributed by atoms with Gasteiger partial charge in [0.2, 0.25) is 0 Å². The van der Waals surface area contributed by atoms with Gasteiger partial charge in [-0.2, -0.15) is 0 Å². The molecule has 1 fully saturated rings. The fourth-order valence-corrected chi connectivity index (χ4v) is 5.38. The minimum atomic E-state index is -1.91. The van der Waals surface area contributed by atoms with E-state index in [2.05, 4.69) is 74.3 Å². The Kier molecular flexibility index (Phi) is 7.37. The summed E-state index contributed by atoms with van der Waals surface area (Å²) in [6, 6.07) is 0. The average molecular weight is 399 g/mol. The molecule has 0 saturated heterocycles. The maximum atomic E-state index is 9.45. The molecule has 3 nitrogen and oxygen atoms in total. The summed E-state index contributed by atoms with van der Waals surface area (Å²) >= 11 is 0. The van der Waals surface area contributed by atoms with Gasteiger partial charge in [-0.25, -0.2) is 0 Å². The minimum absolute atomic E-state index is 0.0165. The van der Waals surface area contributed by atoms with Crippen LogP contribution in [0.3, 0.4) is 0 Å². The minimum Gasteiger partial charge on any atom is -0.413 e. The van der Waals surface area contributed by atoms with Gasteiger partial charge in [0.05, 0.1) is 18.8 Å². The molecule has 1 rings (SSSR count). The van der Waals surface area contributed by atoms with Crippen molar-refractivity contribution in [1.82, 2.24) is 0 Å². The summed E-state index contributed by atoms with van der Waals surface area (Å²) in [5, 5.41) is 9.78. The van der Waals surface area contributed by atoms with Gasteiger partial charge < -0.3 is 14.0 Å². The van der Waals surface area contributed by atoms with E-state index in [-0.39, 0.29) is 28.9 Å². The van der Waals surface area contributed by atoms with E-state index >= 15 is 0 Å². The molecule has 0 amide bonds. The van der Waals surface area contributed by atoms with Crippen molar-refractivity contribution < 1.29 is 14.0 Å². The zero-order valence-corrected chi connectivity index (χ0v) is 20.8. The highest BCUT2D eigenvalue weighted by atomic mass is 28.4. The Bertz CT molecular complexity index is 536. The molecule has 0 unspecified atom stereocenters.